The van der Waals surface area contributed by atoms with Crippen LogP contribution in [0.25, 0.3) is 0 Å². The van der Waals surface area contributed by atoms with E-state index in [0.29, 0.717) is 18.2 Å². The summed E-state index contributed by atoms with van der Waals surface area (Å²) < 4.78 is 7.14. The van der Waals surface area contributed by atoms with Crippen molar-refractivity contribution < 1.29 is 9.94 Å². The Morgan fingerprint density at radius 3 is 2.94 bits per heavy atom. The van der Waals surface area contributed by atoms with Crippen molar-refractivity contribution in [1.82, 2.24) is 9.78 Å². The highest BCUT2D eigenvalue weighted by atomic mass is 16.5. The van der Waals surface area contributed by atoms with Crippen LogP contribution in [0.5, 0.6) is 0 Å². The van der Waals surface area contributed by atoms with Gasteiger partial charge in [-0.3, -0.25) is 4.68 Å². The molecule has 100 valence electrons. The van der Waals surface area contributed by atoms with Crippen molar-refractivity contribution in [2.24, 2.45) is 17.9 Å². The van der Waals surface area contributed by atoms with Crippen LogP contribution in [0.15, 0.2) is 5.16 Å². The number of nitrogens with two attached hydrogens (primary N) is 1. The van der Waals surface area contributed by atoms with Gasteiger partial charge in [-0.25, -0.2) is 0 Å². The smallest absolute Gasteiger partial charge is 0.175 e. The van der Waals surface area contributed by atoms with Gasteiger partial charge in [-0.2, -0.15) is 5.10 Å². The third-order valence-electron chi connectivity index (χ3n) is 3.34. The molecule has 1 aliphatic rings. The summed E-state index contributed by atoms with van der Waals surface area (Å²) in [4.78, 5) is 2.08. The lowest BCUT2D eigenvalue weighted by Gasteiger charge is -2.26. The molecule has 18 heavy (non-hydrogen) atoms. The largest absolute Gasteiger partial charge is 0.409 e. The van der Waals surface area contributed by atoms with Crippen LogP contribution in [-0.4, -0.2) is 47.1 Å². The number of aromatic nitrogens is 2. The van der Waals surface area contributed by atoms with Crippen LogP contribution in [0.1, 0.15) is 17.7 Å². The minimum absolute atomic E-state index is 0.0846. The van der Waals surface area contributed by atoms with Crippen molar-refractivity contribution in [3.05, 3.63) is 11.3 Å². The third kappa shape index (κ3) is 2.01. The number of hydrogen-bond donors (Lipinski definition) is 2. The van der Waals surface area contributed by atoms with Crippen LogP contribution in [0.3, 0.4) is 0 Å². The van der Waals surface area contributed by atoms with Crippen molar-refractivity contribution in [2.45, 2.75) is 19.4 Å². The Kier molecular flexibility index (Phi) is 3.42. The fourth-order valence-electron chi connectivity index (χ4n) is 2.40. The molecule has 0 spiro atoms. The van der Waals surface area contributed by atoms with Crippen molar-refractivity contribution in [2.75, 3.05) is 25.2 Å². The zero-order valence-corrected chi connectivity index (χ0v) is 10.9. The predicted octanol–water partition coefficient (Wildman–Crippen LogP) is 0.0481. The minimum Gasteiger partial charge on any atom is -0.409 e. The summed E-state index contributed by atoms with van der Waals surface area (Å²) >= 11 is 0. The molecule has 2 heterocycles. The van der Waals surface area contributed by atoms with Gasteiger partial charge in [0, 0.05) is 20.7 Å². The standard InChI is InChI=1S/C11H19N5O2/c1-7-9(10(12)14-17)11(16(3)13-7)15(2)8-4-5-18-6-8/h8,17H,4-6H2,1-3H3,(H2,12,14). The van der Waals surface area contributed by atoms with Crippen molar-refractivity contribution in [1.29, 1.82) is 0 Å². The normalized spacial score (nSPS) is 20.4. The topological polar surface area (TPSA) is 88.9 Å². The molecule has 0 aliphatic carbocycles. The number of amidine groups is 1. The molecule has 0 saturated carbocycles. The number of ether oxygens (including phenoxy) is 1. The highest BCUT2D eigenvalue weighted by molar-refractivity contribution is 6.02. The van der Waals surface area contributed by atoms with E-state index in [1.54, 1.807) is 4.68 Å². The maximum atomic E-state index is 8.88. The van der Waals surface area contributed by atoms with Gasteiger partial charge >= 0.3 is 0 Å². The molecule has 7 nitrogen and oxygen atoms in total. The third-order valence-corrected chi connectivity index (χ3v) is 3.34. The lowest BCUT2D eigenvalue weighted by Crippen LogP contribution is -2.35. The van der Waals surface area contributed by atoms with Gasteiger partial charge in [0.2, 0.25) is 0 Å². The summed E-state index contributed by atoms with van der Waals surface area (Å²) in [5.41, 5.74) is 7.15. The molecule has 3 N–H and O–H groups in total. The van der Waals surface area contributed by atoms with Gasteiger partial charge < -0.3 is 20.6 Å². The Morgan fingerprint density at radius 2 is 2.39 bits per heavy atom. The number of aryl methyl sites for hydroxylation is 2. The lowest BCUT2D eigenvalue weighted by molar-refractivity contribution is 0.193. The molecule has 1 saturated heterocycles. The Hall–Kier alpha value is -1.76. The first-order chi connectivity index (χ1) is 8.56. The molecule has 1 atom stereocenters. The Morgan fingerprint density at radius 1 is 1.67 bits per heavy atom. The maximum Gasteiger partial charge on any atom is 0.175 e. The summed E-state index contributed by atoms with van der Waals surface area (Å²) in [6, 6.07) is 0.296. The minimum atomic E-state index is 0.0846. The second-order valence-corrected chi connectivity index (χ2v) is 4.52. The summed E-state index contributed by atoms with van der Waals surface area (Å²) in [6.07, 6.45) is 0.969. The van der Waals surface area contributed by atoms with Crippen LogP contribution >= 0.6 is 0 Å². The number of likely N-dealkylation sites (N-methyl/N-ethyl adjacent to an activating group) is 1. The molecule has 1 aliphatic heterocycles. The van der Waals surface area contributed by atoms with Gasteiger partial charge in [-0.05, 0) is 13.3 Å². The van der Waals surface area contributed by atoms with Crippen LogP contribution in [0.2, 0.25) is 0 Å². The average Bonchev–Trinajstić information content (AvgIpc) is 2.95. The monoisotopic (exact) mass is 253 g/mol. The van der Waals surface area contributed by atoms with Crippen molar-refractivity contribution >= 4 is 11.7 Å². The Labute approximate surface area is 106 Å². The van der Waals surface area contributed by atoms with Gasteiger partial charge in [-0.15, -0.1) is 0 Å². The first-order valence-electron chi connectivity index (χ1n) is 5.88. The molecule has 1 fully saturated rings. The van der Waals surface area contributed by atoms with Crippen LogP contribution in [0, 0.1) is 6.92 Å². The highest BCUT2D eigenvalue weighted by Crippen LogP contribution is 2.26. The number of rotatable bonds is 3. The molecule has 0 radical (unpaired) electrons. The molecule has 1 aromatic heterocycles. The van der Waals surface area contributed by atoms with E-state index >= 15 is 0 Å². The molecule has 1 aromatic rings. The van der Waals surface area contributed by atoms with E-state index in [-0.39, 0.29) is 5.84 Å². The van der Waals surface area contributed by atoms with Gasteiger partial charge in [0.05, 0.1) is 23.9 Å². The van der Waals surface area contributed by atoms with E-state index in [1.807, 2.05) is 21.0 Å². The van der Waals surface area contributed by atoms with E-state index in [4.69, 9.17) is 15.7 Å². The predicted molar refractivity (Wildman–Crippen MR) is 68.1 cm³/mol. The quantitative estimate of drug-likeness (QED) is 0.344. The SMILES string of the molecule is Cc1nn(C)c(N(C)C2CCOC2)c1C(N)=NO. The molecular formula is C11H19N5O2. The van der Waals surface area contributed by atoms with E-state index in [0.717, 1.165) is 24.5 Å². The van der Waals surface area contributed by atoms with Crippen LogP contribution < -0.4 is 10.6 Å². The van der Waals surface area contributed by atoms with E-state index in [2.05, 4.69) is 15.2 Å². The first kappa shape index (κ1) is 12.7. The number of hydrogen-bond acceptors (Lipinski definition) is 5. The zero-order valence-electron chi connectivity index (χ0n) is 10.9. The summed E-state index contributed by atoms with van der Waals surface area (Å²) in [5, 5.41) is 16.3. The molecular weight excluding hydrogens is 234 g/mol. The zero-order chi connectivity index (χ0) is 13.3. The number of anilines is 1. The highest BCUT2D eigenvalue weighted by Gasteiger charge is 2.27. The maximum absolute atomic E-state index is 8.88. The van der Waals surface area contributed by atoms with E-state index < -0.39 is 0 Å². The van der Waals surface area contributed by atoms with E-state index in [9.17, 15) is 0 Å². The molecule has 7 heteroatoms. The molecule has 1 unspecified atom stereocenters. The first-order valence-corrected chi connectivity index (χ1v) is 5.88. The number of nitrogens with zero attached hydrogens (tertiary/aromatic N) is 4. The van der Waals surface area contributed by atoms with Crippen LogP contribution in [0.4, 0.5) is 5.82 Å². The summed E-state index contributed by atoms with van der Waals surface area (Å²) in [6.45, 7) is 3.30. The van der Waals surface area contributed by atoms with Crippen LogP contribution in [-0.2, 0) is 11.8 Å². The lowest BCUT2D eigenvalue weighted by atomic mass is 10.1. The summed E-state index contributed by atoms with van der Waals surface area (Å²) in [7, 11) is 3.83. The van der Waals surface area contributed by atoms with Crippen molar-refractivity contribution in [3.8, 4) is 0 Å². The summed E-state index contributed by atoms with van der Waals surface area (Å²) in [5.74, 6) is 0.930. The average molecular weight is 253 g/mol. The fraction of sp³-hybridized carbons (Fsp3) is 0.636. The molecule has 0 aromatic carbocycles. The van der Waals surface area contributed by atoms with Gasteiger partial charge in [-0.1, -0.05) is 5.16 Å². The molecule has 2 rings (SSSR count). The Bertz CT molecular complexity index is 462. The fourth-order valence-corrected chi connectivity index (χ4v) is 2.40. The second kappa shape index (κ2) is 4.85. The van der Waals surface area contributed by atoms with Gasteiger partial charge in [0.15, 0.2) is 5.84 Å². The van der Waals surface area contributed by atoms with Gasteiger partial charge in [0.25, 0.3) is 0 Å². The second-order valence-electron chi connectivity index (χ2n) is 4.52. The Balaban J connectivity index is 2.42. The number of oxime groups is 1. The van der Waals surface area contributed by atoms with E-state index in [1.165, 1.54) is 0 Å². The van der Waals surface area contributed by atoms with Crippen molar-refractivity contribution in [3.63, 3.8) is 0 Å². The van der Waals surface area contributed by atoms with Gasteiger partial charge in [0.1, 0.15) is 5.82 Å². The molecule has 0 amide bonds. The molecule has 0 bridgehead atoms.